The molecule has 1 saturated heterocycles. The molecule has 0 atom stereocenters. The van der Waals surface area contributed by atoms with E-state index in [2.05, 4.69) is 37.2 Å². The number of ether oxygens (including phenoxy) is 2. The molecule has 190 valence electrons. The van der Waals surface area contributed by atoms with Crippen molar-refractivity contribution in [1.29, 1.82) is 0 Å². The lowest BCUT2D eigenvalue weighted by atomic mass is 10.1. The second kappa shape index (κ2) is 12.2. The lowest BCUT2D eigenvalue weighted by Crippen LogP contribution is -2.36. The summed E-state index contributed by atoms with van der Waals surface area (Å²) in [5.74, 6) is -0.0921. The van der Waals surface area contributed by atoms with Crippen LogP contribution in [0.1, 0.15) is 11.1 Å². The number of anilines is 1. The fourth-order valence-electron chi connectivity index (χ4n) is 3.38. The molecule has 37 heavy (non-hydrogen) atoms. The highest BCUT2D eigenvalue weighted by Crippen LogP contribution is 2.39. The molecule has 1 aliphatic heterocycles. The third-order valence-electron chi connectivity index (χ3n) is 5.17. The van der Waals surface area contributed by atoms with Gasteiger partial charge in [0.15, 0.2) is 11.5 Å². The van der Waals surface area contributed by atoms with E-state index in [4.69, 9.17) is 21.1 Å². The van der Waals surface area contributed by atoms with Gasteiger partial charge < -0.3 is 14.8 Å². The summed E-state index contributed by atoms with van der Waals surface area (Å²) < 4.78 is 12.7. The summed E-state index contributed by atoms with van der Waals surface area (Å²) in [6, 6.07) is 17.8. The van der Waals surface area contributed by atoms with Gasteiger partial charge in [0.1, 0.15) is 13.2 Å². The number of thioether (sulfide) groups is 1. The van der Waals surface area contributed by atoms with Crippen LogP contribution in [0.2, 0.25) is 5.02 Å². The first-order valence-corrected chi connectivity index (χ1v) is 13.6. The smallest absolute Gasteiger partial charge is 0.294 e. The number of hydrogen-bond acceptors (Lipinski definition) is 6. The van der Waals surface area contributed by atoms with E-state index in [9.17, 15) is 14.4 Å². The van der Waals surface area contributed by atoms with Crippen LogP contribution >= 0.6 is 55.2 Å². The molecule has 0 saturated carbocycles. The summed E-state index contributed by atoms with van der Waals surface area (Å²) in [4.78, 5) is 39.0. The highest BCUT2D eigenvalue weighted by atomic mass is 79.9. The predicted molar refractivity (Wildman–Crippen MR) is 152 cm³/mol. The van der Waals surface area contributed by atoms with Gasteiger partial charge in [-0.05, 0) is 97.2 Å². The molecule has 3 aromatic carbocycles. The van der Waals surface area contributed by atoms with Gasteiger partial charge in [-0.25, -0.2) is 0 Å². The molecule has 1 heterocycles. The van der Waals surface area contributed by atoms with E-state index in [1.54, 1.807) is 48.5 Å². The lowest BCUT2D eigenvalue weighted by molar-refractivity contribution is -0.127. The van der Waals surface area contributed by atoms with Crippen molar-refractivity contribution in [2.75, 3.05) is 19.0 Å². The van der Waals surface area contributed by atoms with E-state index in [1.165, 1.54) is 7.11 Å². The largest absolute Gasteiger partial charge is 0.493 e. The molecule has 1 N–H and O–H groups in total. The van der Waals surface area contributed by atoms with Crippen LogP contribution in [-0.4, -0.2) is 35.6 Å². The number of carbonyl (C=O) groups excluding carboxylic acids is 3. The Labute approximate surface area is 239 Å². The number of nitrogens with zero attached hydrogens (tertiary/aromatic N) is 1. The summed E-state index contributed by atoms with van der Waals surface area (Å²) in [5, 5.41) is 2.81. The first-order chi connectivity index (χ1) is 17.7. The minimum atomic E-state index is -0.546. The molecule has 0 bridgehead atoms. The number of rotatable bonds is 8. The van der Waals surface area contributed by atoms with Crippen LogP contribution < -0.4 is 14.8 Å². The fraction of sp³-hybridized carbons (Fsp3) is 0.115. The van der Waals surface area contributed by atoms with Gasteiger partial charge >= 0.3 is 0 Å². The van der Waals surface area contributed by atoms with Crippen molar-refractivity contribution in [3.8, 4) is 11.5 Å². The Bertz CT molecular complexity index is 1400. The van der Waals surface area contributed by atoms with Gasteiger partial charge in [-0.2, -0.15) is 0 Å². The van der Waals surface area contributed by atoms with Crippen LogP contribution in [0.15, 0.2) is 74.5 Å². The second-order valence-electron chi connectivity index (χ2n) is 7.75. The number of carbonyl (C=O) groups is 3. The number of para-hydroxylation sites is 1. The van der Waals surface area contributed by atoms with Crippen LogP contribution in [0.3, 0.4) is 0 Å². The number of halogens is 3. The first-order valence-electron chi connectivity index (χ1n) is 10.8. The Balaban J connectivity index is 1.47. The molecule has 0 unspecified atom stereocenters. The molecular weight excluding hydrogens is 648 g/mol. The van der Waals surface area contributed by atoms with E-state index in [1.807, 2.05) is 18.2 Å². The SMILES string of the molecule is COc1cc(/C=C2/SC(=O)N(CC(=O)Nc3ccccc3Br)C2=O)cc(Br)c1OCc1ccc(Cl)cc1. The number of amides is 3. The fourth-order valence-corrected chi connectivity index (χ4v) is 5.31. The summed E-state index contributed by atoms with van der Waals surface area (Å²) in [6.07, 6.45) is 1.58. The van der Waals surface area contributed by atoms with Gasteiger partial charge in [0.05, 0.1) is 22.2 Å². The van der Waals surface area contributed by atoms with Crippen LogP contribution in [0.25, 0.3) is 6.08 Å². The van der Waals surface area contributed by atoms with Gasteiger partial charge in [-0.1, -0.05) is 35.9 Å². The molecule has 1 fully saturated rings. The maximum atomic E-state index is 12.9. The maximum Gasteiger partial charge on any atom is 0.294 e. The van der Waals surface area contributed by atoms with E-state index in [-0.39, 0.29) is 4.91 Å². The lowest BCUT2D eigenvalue weighted by Gasteiger charge is -2.14. The average molecular weight is 667 g/mol. The third kappa shape index (κ3) is 6.75. The Morgan fingerprint density at radius 3 is 2.51 bits per heavy atom. The van der Waals surface area contributed by atoms with Crippen molar-refractivity contribution in [2.45, 2.75) is 6.61 Å². The second-order valence-corrected chi connectivity index (χ2v) is 10.9. The van der Waals surface area contributed by atoms with Crippen molar-refractivity contribution in [1.82, 2.24) is 4.90 Å². The van der Waals surface area contributed by atoms with Gasteiger partial charge in [-0.3, -0.25) is 19.3 Å². The standard InChI is InChI=1S/C26H19Br2ClN2O5S/c1-35-21-11-16(10-19(28)24(21)36-14-15-6-8-17(29)9-7-15)12-22-25(33)31(26(34)37-22)13-23(32)30-20-5-3-2-4-18(20)27/h2-12H,13-14H2,1H3,(H,30,32)/b22-12+. The normalized spacial score (nSPS) is 14.3. The van der Waals surface area contributed by atoms with Crippen molar-refractivity contribution < 1.29 is 23.9 Å². The van der Waals surface area contributed by atoms with E-state index in [0.29, 0.717) is 43.3 Å². The van der Waals surface area contributed by atoms with Crippen molar-refractivity contribution in [2.24, 2.45) is 0 Å². The van der Waals surface area contributed by atoms with Crippen molar-refractivity contribution in [3.05, 3.63) is 90.7 Å². The number of methoxy groups -OCH3 is 1. The molecule has 3 amide bonds. The van der Waals surface area contributed by atoms with Crippen molar-refractivity contribution in [3.63, 3.8) is 0 Å². The first kappa shape index (κ1) is 27.3. The van der Waals surface area contributed by atoms with Gasteiger partial charge in [0.25, 0.3) is 11.1 Å². The Morgan fingerprint density at radius 1 is 1.08 bits per heavy atom. The number of imide groups is 1. The minimum Gasteiger partial charge on any atom is -0.493 e. The number of hydrogen-bond donors (Lipinski definition) is 1. The van der Waals surface area contributed by atoms with Gasteiger partial charge in [0.2, 0.25) is 5.91 Å². The molecule has 4 rings (SSSR count). The average Bonchev–Trinajstić information content (AvgIpc) is 3.12. The van der Waals surface area contributed by atoms with Crippen LogP contribution in [0.5, 0.6) is 11.5 Å². The van der Waals surface area contributed by atoms with Crippen LogP contribution in [0.4, 0.5) is 10.5 Å². The topological polar surface area (TPSA) is 84.9 Å². The zero-order valence-electron chi connectivity index (χ0n) is 19.3. The minimum absolute atomic E-state index is 0.197. The number of nitrogens with one attached hydrogen (secondary N) is 1. The summed E-state index contributed by atoms with van der Waals surface area (Å²) in [5.41, 5.74) is 2.09. The third-order valence-corrected chi connectivity index (χ3v) is 7.61. The number of benzene rings is 3. The summed E-state index contributed by atoms with van der Waals surface area (Å²) >= 11 is 13.6. The van der Waals surface area contributed by atoms with Crippen LogP contribution in [-0.2, 0) is 16.2 Å². The molecule has 11 heteroatoms. The van der Waals surface area contributed by atoms with E-state index >= 15 is 0 Å². The highest BCUT2D eigenvalue weighted by molar-refractivity contribution is 9.11. The summed E-state index contributed by atoms with van der Waals surface area (Å²) in [7, 11) is 1.51. The van der Waals surface area contributed by atoms with E-state index in [0.717, 1.165) is 22.2 Å². The Kier molecular flexibility index (Phi) is 8.96. The molecule has 3 aromatic rings. The van der Waals surface area contributed by atoms with Gasteiger partial charge in [0, 0.05) is 9.50 Å². The molecule has 0 aromatic heterocycles. The molecule has 0 radical (unpaired) electrons. The summed E-state index contributed by atoms with van der Waals surface area (Å²) in [6.45, 7) is -0.0974. The predicted octanol–water partition coefficient (Wildman–Crippen LogP) is 7.13. The molecule has 0 spiro atoms. The molecule has 1 aliphatic rings. The monoisotopic (exact) mass is 664 g/mol. The molecule has 0 aliphatic carbocycles. The zero-order valence-corrected chi connectivity index (χ0v) is 24.0. The van der Waals surface area contributed by atoms with Gasteiger partial charge in [-0.15, -0.1) is 0 Å². The Hall–Kier alpha value is -2.79. The zero-order chi connectivity index (χ0) is 26.5. The van der Waals surface area contributed by atoms with E-state index < -0.39 is 23.6 Å². The highest BCUT2D eigenvalue weighted by Gasteiger charge is 2.36. The van der Waals surface area contributed by atoms with Crippen LogP contribution in [0, 0.1) is 0 Å². The quantitative estimate of drug-likeness (QED) is 0.258. The Morgan fingerprint density at radius 2 is 1.81 bits per heavy atom. The molecular formula is C26H19Br2ClN2O5S. The maximum absolute atomic E-state index is 12.9. The molecule has 7 nitrogen and oxygen atoms in total. The van der Waals surface area contributed by atoms with Crippen molar-refractivity contribution >= 4 is 84.0 Å².